The van der Waals surface area contributed by atoms with Crippen molar-refractivity contribution in [1.82, 2.24) is 4.72 Å². The van der Waals surface area contributed by atoms with Gasteiger partial charge in [0, 0.05) is 17.8 Å². The second-order valence-corrected chi connectivity index (χ2v) is 7.06. The normalized spacial score (nSPS) is 11.3. The number of hydrogen-bond acceptors (Lipinski definition) is 5. The SMILES string of the molecule is CNS(=O)(=O)c1ccc(/C=C/C(=O)Nc2ccc(OC)c(OC)c2)cc1. The first-order chi connectivity index (χ1) is 12.4. The van der Waals surface area contributed by atoms with Crippen LogP contribution in [0.25, 0.3) is 6.08 Å². The van der Waals surface area contributed by atoms with Gasteiger partial charge in [-0.15, -0.1) is 0 Å². The average molecular weight is 376 g/mol. The molecule has 0 fully saturated rings. The summed E-state index contributed by atoms with van der Waals surface area (Å²) >= 11 is 0. The highest BCUT2D eigenvalue weighted by Gasteiger charge is 2.10. The maximum Gasteiger partial charge on any atom is 0.248 e. The minimum Gasteiger partial charge on any atom is -0.493 e. The minimum atomic E-state index is -3.47. The molecule has 0 saturated carbocycles. The maximum absolute atomic E-state index is 12.0. The Labute approximate surface area is 152 Å². The Morgan fingerprint density at radius 1 is 1.00 bits per heavy atom. The molecule has 0 atom stereocenters. The summed E-state index contributed by atoms with van der Waals surface area (Å²) in [7, 11) is 0.923. The number of anilines is 1. The Balaban J connectivity index is 2.06. The van der Waals surface area contributed by atoms with E-state index in [1.165, 1.54) is 39.5 Å². The highest BCUT2D eigenvalue weighted by molar-refractivity contribution is 7.89. The van der Waals surface area contributed by atoms with E-state index < -0.39 is 10.0 Å². The van der Waals surface area contributed by atoms with Crippen LogP contribution >= 0.6 is 0 Å². The maximum atomic E-state index is 12.0. The predicted octanol–water partition coefficient (Wildman–Crippen LogP) is 2.26. The van der Waals surface area contributed by atoms with E-state index in [9.17, 15) is 13.2 Å². The zero-order chi connectivity index (χ0) is 19.2. The number of sulfonamides is 1. The van der Waals surface area contributed by atoms with Crippen LogP contribution in [-0.2, 0) is 14.8 Å². The molecule has 0 saturated heterocycles. The van der Waals surface area contributed by atoms with Gasteiger partial charge in [0.2, 0.25) is 15.9 Å². The molecule has 2 aromatic carbocycles. The van der Waals surface area contributed by atoms with Gasteiger partial charge in [-0.3, -0.25) is 4.79 Å². The lowest BCUT2D eigenvalue weighted by Crippen LogP contribution is -2.18. The molecule has 0 unspecified atom stereocenters. The van der Waals surface area contributed by atoms with Crippen LogP contribution in [0.5, 0.6) is 11.5 Å². The molecule has 8 heteroatoms. The second-order valence-electron chi connectivity index (χ2n) is 5.17. The molecule has 0 spiro atoms. The lowest BCUT2D eigenvalue weighted by atomic mass is 10.2. The molecule has 2 rings (SSSR count). The fourth-order valence-corrected chi connectivity index (χ4v) is 2.88. The fraction of sp³-hybridized carbons (Fsp3) is 0.167. The van der Waals surface area contributed by atoms with Crippen molar-refractivity contribution >= 4 is 27.7 Å². The summed E-state index contributed by atoms with van der Waals surface area (Å²) in [6.45, 7) is 0. The molecule has 0 aliphatic heterocycles. The third-order valence-corrected chi connectivity index (χ3v) is 4.97. The summed E-state index contributed by atoms with van der Waals surface area (Å²) in [5, 5.41) is 2.72. The Morgan fingerprint density at radius 2 is 1.65 bits per heavy atom. The van der Waals surface area contributed by atoms with Gasteiger partial charge in [0.15, 0.2) is 11.5 Å². The van der Waals surface area contributed by atoms with Gasteiger partial charge >= 0.3 is 0 Å². The Morgan fingerprint density at radius 3 is 2.23 bits per heavy atom. The lowest BCUT2D eigenvalue weighted by Gasteiger charge is -2.09. The quantitative estimate of drug-likeness (QED) is 0.723. The van der Waals surface area contributed by atoms with Crippen LogP contribution in [0.2, 0.25) is 0 Å². The molecule has 0 aliphatic carbocycles. The van der Waals surface area contributed by atoms with Crippen LogP contribution in [0.15, 0.2) is 53.4 Å². The summed E-state index contributed by atoms with van der Waals surface area (Å²) in [5.41, 5.74) is 1.26. The van der Waals surface area contributed by atoms with E-state index in [1.807, 2.05) is 0 Å². The third-order valence-electron chi connectivity index (χ3n) is 3.54. The number of hydrogen-bond donors (Lipinski definition) is 2. The number of amides is 1. The summed E-state index contributed by atoms with van der Waals surface area (Å²) in [5.74, 6) is 0.748. The molecule has 7 nitrogen and oxygen atoms in total. The number of ether oxygens (including phenoxy) is 2. The van der Waals surface area contributed by atoms with Crippen molar-refractivity contribution in [1.29, 1.82) is 0 Å². The van der Waals surface area contributed by atoms with Crippen molar-refractivity contribution in [3.8, 4) is 11.5 Å². The van der Waals surface area contributed by atoms with Crippen molar-refractivity contribution in [3.63, 3.8) is 0 Å². The number of carbonyl (C=O) groups excluding carboxylic acids is 1. The zero-order valence-corrected chi connectivity index (χ0v) is 15.5. The molecule has 26 heavy (non-hydrogen) atoms. The summed E-state index contributed by atoms with van der Waals surface area (Å²) in [6.07, 6.45) is 2.95. The van der Waals surface area contributed by atoms with Gasteiger partial charge in [-0.05, 0) is 43.0 Å². The van der Waals surface area contributed by atoms with Gasteiger partial charge in [-0.1, -0.05) is 12.1 Å². The van der Waals surface area contributed by atoms with E-state index in [4.69, 9.17) is 9.47 Å². The third kappa shape index (κ3) is 4.84. The van der Waals surface area contributed by atoms with Crippen molar-refractivity contribution in [2.45, 2.75) is 4.90 Å². The van der Waals surface area contributed by atoms with Crippen molar-refractivity contribution in [2.75, 3.05) is 26.6 Å². The number of carbonyl (C=O) groups is 1. The van der Waals surface area contributed by atoms with E-state index in [2.05, 4.69) is 10.0 Å². The molecule has 0 aliphatic rings. The van der Waals surface area contributed by atoms with Crippen molar-refractivity contribution < 1.29 is 22.7 Å². The number of nitrogens with one attached hydrogen (secondary N) is 2. The highest BCUT2D eigenvalue weighted by Crippen LogP contribution is 2.29. The molecule has 0 bridgehead atoms. The average Bonchev–Trinajstić information content (AvgIpc) is 2.66. The van der Waals surface area contributed by atoms with E-state index in [-0.39, 0.29) is 10.8 Å². The predicted molar refractivity (Wildman–Crippen MR) is 99.9 cm³/mol. The molecule has 2 N–H and O–H groups in total. The first-order valence-corrected chi connectivity index (χ1v) is 9.12. The molecule has 1 amide bonds. The first kappa shape index (κ1) is 19.5. The fourth-order valence-electron chi connectivity index (χ4n) is 2.15. The highest BCUT2D eigenvalue weighted by atomic mass is 32.2. The molecule has 0 aromatic heterocycles. The van der Waals surface area contributed by atoms with Gasteiger partial charge in [0.1, 0.15) is 0 Å². The Bertz CT molecular complexity index is 906. The minimum absolute atomic E-state index is 0.159. The van der Waals surface area contributed by atoms with Gasteiger partial charge in [0.25, 0.3) is 0 Å². The smallest absolute Gasteiger partial charge is 0.248 e. The van der Waals surface area contributed by atoms with E-state index >= 15 is 0 Å². The van der Waals surface area contributed by atoms with Crippen LogP contribution < -0.4 is 19.5 Å². The molecule has 138 valence electrons. The number of rotatable bonds is 7. The van der Waals surface area contributed by atoms with E-state index in [0.29, 0.717) is 22.7 Å². The van der Waals surface area contributed by atoms with Crippen molar-refractivity contribution in [3.05, 3.63) is 54.1 Å². The topological polar surface area (TPSA) is 93.7 Å². The van der Waals surface area contributed by atoms with Crippen LogP contribution in [0.1, 0.15) is 5.56 Å². The standard InChI is InChI=1S/C18H20N2O5S/c1-19-26(22,23)15-8-4-13(5-9-15)6-11-18(21)20-14-7-10-16(24-2)17(12-14)25-3/h4-12,19H,1-3H3,(H,20,21)/b11-6+. The van der Waals surface area contributed by atoms with Crippen molar-refractivity contribution in [2.24, 2.45) is 0 Å². The summed E-state index contributed by atoms with van der Waals surface area (Å²) in [4.78, 5) is 12.2. The molecular formula is C18H20N2O5S. The van der Waals surface area contributed by atoms with Crippen LogP contribution in [0.4, 0.5) is 5.69 Å². The molecular weight excluding hydrogens is 356 g/mol. The number of methoxy groups -OCH3 is 2. The Kier molecular flexibility index (Phi) is 6.37. The lowest BCUT2D eigenvalue weighted by molar-refractivity contribution is -0.111. The van der Waals surface area contributed by atoms with E-state index in [0.717, 1.165) is 0 Å². The first-order valence-electron chi connectivity index (χ1n) is 7.64. The van der Waals surface area contributed by atoms with Gasteiger partial charge in [0.05, 0.1) is 19.1 Å². The van der Waals surface area contributed by atoms with Gasteiger partial charge in [-0.25, -0.2) is 13.1 Å². The molecule has 0 heterocycles. The zero-order valence-electron chi connectivity index (χ0n) is 14.6. The molecule has 2 aromatic rings. The van der Waals surface area contributed by atoms with E-state index in [1.54, 1.807) is 36.4 Å². The second kappa shape index (κ2) is 8.50. The van der Waals surface area contributed by atoms with Crippen LogP contribution in [0, 0.1) is 0 Å². The summed E-state index contributed by atoms with van der Waals surface area (Å²) in [6, 6.07) is 11.2. The Hall–Kier alpha value is -2.84. The van der Waals surface area contributed by atoms with Crippen LogP contribution in [-0.4, -0.2) is 35.6 Å². The number of benzene rings is 2. The van der Waals surface area contributed by atoms with Crippen LogP contribution in [0.3, 0.4) is 0 Å². The monoisotopic (exact) mass is 376 g/mol. The largest absolute Gasteiger partial charge is 0.493 e. The van der Waals surface area contributed by atoms with Gasteiger partial charge in [-0.2, -0.15) is 0 Å². The van der Waals surface area contributed by atoms with Gasteiger partial charge < -0.3 is 14.8 Å². The molecule has 0 radical (unpaired) electrons. The summed E-state index contributed by atoms with van der Waals surface area (Å²) < 4.78 is 35.9.